The van der Waals surface area contributed by atoms with E-state index in [2.05, 4.69) is 163 Å². The van der Waals surface area contributed by atoms with Crippen LogP contribution in [0, 0.1) is 0 Å². The van der Waals surface area contributed by atoms with Gasteiger partial charge < -0.3 is 9.64 Å². The number of para-hydroxylation sites is 4. The number of hydrogen-bond acceptors (Lipinski definition) is 2. The molecule has 0 aromatic heterocycles. The van der Waals surface area contributed by atoms with Crippen molar-refractivity contribution in [3.05, 3.63) is 186 Å². The molecule has 218 valence electrons. The summed E-state index contributed by atoms with van der Waals surface area (Å²) in [5, 5.41) is 5.05. The summed E-state index contributed by atoms with van der Waals surface area (Å²) in [4.78, 5) is 2.42. The lowest BCUT2D eigenvalue weighted by Crippen LogP contribution is -2.37. The Morgan fingerprint density at radius 1 is 0.426 bits per heavy atom. The van der Waals surface area contributed by atoms with Crippen LogP contribution in [0.1, 0.15) is 22.3 Å². The molecule has 0 saturated carbocycles. The van der Waals surface area contributed by atoms with Gasteiger partial charge in [0, 0.05) is 0 Å². The lowest BCUT2D eigenvalue weighted by atomic mass is 9.64. The zero-order chi connectivity index (χ0) is 30.7. The quantitative estimate of drug-likeness (QED) is 0.175. The van der Waals surface area contributed by atoms with E-state index in [0.717, 1.165) is 22.9 Å². The highest BCUT2D eigenvalue weighted by Gasteiger charge is 2.53. The minimum absolute atomic E-state index is 0.531. The van der Waals surface area contributed by atoms with E-state index in [1.165, 1.54) is 71.7 Å². The van der Waals surface area contributed by atoms with Crippen molar-refractivity contribution < 1.29 is 4.74 Å². The van der Waals surface area contributed by atoms with E-state index in [9.17, 15) is 0 Å². The number of anilines is 3. The second kappa shape index (κ2) is 8.99. The average molecular weight is 598 g/mol. The van der Waals surface area contributed by atoms with E-state index in [-0.39, 0.29) is 0 Å². The Morgan fingerprint density at radius 2 is 1.04 bits per heavy atom. The van der Waals surface area contributed by atoms with Crippen molar-refractivity contribution in [3.8, 4) is 33.8 Å². The summed E-state index contributed by atoms with van der Waals surface area (Å²) in [7, 11) is 0. The summed E-state index contributed by atoms with van der Waals surface area (Å²) in [5.74, 6) is 1.76. The lowest BCUT2D eigenvalue weighted by Gasteiger charge is -2.47. The Kier molecular flexibility index (Phi) is 4.80. The summed E-state index contributed by atoms with van der Waals surface area (Å²) in [6.45, 7) is 0. The van der Waals surface area contributed by atoms with Gasteiger partial charge in [-0.05, 0) is 102 Å². The van der Waals surface area contributed by atoms with Crippen LogP contribution in [-0.4, -0.2) is 0 Å². The van der Waals surface area contributed by atoms with Crippen LogP contribution in [0.5, 0.6) is 11.5 Å². The van der Waals surface area contributed by atoms with Crippen molar-refractivity contribution in [2.45, 2.75) is 5.41 Å². The molecule has 1 aliphatic carbocycles. The smallest absolute Gasteiger partial charge is 0.151 e. The van der Waals surface area contributed by atoms with Gasteiger partial charge in [0.25, 0.3) is 0 Å². The van der Waals surface area contributed by atoms with Gasteiger partial charge in [-0.3, -0.25) is 0 Å². The molecule has 8 aromatic rings. The normalized spacial score (nSPS) is 16.3. The van der Waals surface area contributed by atoms with Gasteiger partial charge in [0.1, 0.15) is 0 Å². The average Bonchev–Trinajstić information content (AvgIpc) is 3.42. The highest BCUT2D eigenvalue weighted by atomic mass is 16.5. The molecule has 2 nitrogen and oxygen atoms in total. The van der Waals surface area contributed by atoms with E-state index in [0.29, 0.717) is 0 Å². The molecule has 0 saturated heterocycles. The van der Waals surface area contributed by atoms with Crippen molar-refractivity contribution >= 4 is 38.6 Å². The maximum atomic E-state index is 6.67. The number of rotatable bonds is 1. The predicted molar refractivity (Wildman–Crippen MR) is 193 cm³/mol. The molecule has 2 heterocycles. The molecule has 8 aromatic carbocycles. The third-order valence-electron chi connectivity index (χ3n) is 10.6. The number of nitrogens with zero attached hydrogens (tertiary/aromatic N) is 1. The largest absolute Gasteiger partial charge is 0.453 e. The Hall–Kier alpha value is -6.12. The number of hydrogen-bond donors (Lipinski definition) is 0. The molecule has 0 fully saturated rings. The molecular weight excluding hydrogens is 571 g/mol. The molecule has 0 radical (unpaired) electrons. The zero-order valence-corrected chi connectivity index (χ0v) is 25.4. The zero-order valence-electron chi connectivity index (χ0n) is 25.4. The maximum Gasteiger partial charge on any atom is 0.151 e. The Bertz CT molecular complexity index is 2580. The van der Waals surface area contributed by atoms with Gasteiger partial charge in [0.2, 0.25) is 0 Å². The fourth-order valence-electron chi connectivity index (χ4n) is 8.83. The summed E-state index contributed by atoms with van der Waals surface area (Å²) >= 11 is 0. The maximum absolute atomic E-state index is 6.67. The van der Waals surface area contributed by atoms with Gasteiger partial charge >= 0.3 is 0 Å². The second-order valence-electron chi connectivity index (χ2n) is 12.8. The van der Waals surface area contributed by atoms with Gasteiger partial charge in [0.15, 0.2) is 11.5 Å². The summed E-state index contributed by atoms with van der Waals surface area (Å²) in [6, 6.07) is 60.1. The molecular formula is C45H27NO. The van der Waals surface area contributed by atoms with E-state index >= 15 is 0 Å². The highest BCUT2D eigenvalue weighted by molar-refractivity contribution is 6.13. The van der Waals surface area contributed by atoms with Gasteiger partial charge in [-0.25, -0.2) is 0 Å². The summed E-state index contributed by atoms with van der Waals surface area (Å²) < 4.78 is 6.67. The molecule has 1 atom stereocenters. The Labute approximate surface area is 272 Å². The van der Waals surface area contributed by atoms with Crippen LogP contribution in [0.4, 0.5) is 17.1 Å². The molecule has 47 heavy (non-hydrogen) atoms. The van der Waals surface area contributed by atoms with Gasteiger partial charge in [-0.1, -0.05) is 127 Å². The van der Waals surface area contributed by atoms with Crippen molar-refractivity contribution in [1.82, 2.24) is 0 Å². The fourth-order valence-corrected chi connectivity index (χ4v) is 8.83. The van der Waals surface area contributed by atoms with E-state index in [1.54, 1.807) is 0 Å². The summed E-state index contributed by atoms with van der Waals surface area (Å²) in [6.07, 6.45) is 0. The van der Waals surface area contributed by atoms with Crippen LogP contribution in [-0.2, 0) is 5.41 Å². The molecule has 2 aliphatic heterocycles. The van der Waals surface area contributed by atoms with Crippen molar-refractivity contribution in [2.75, 3.05) is 4.90 Å². The van der Waals surface area contributed by atoms with E-state index in [4.69, 9.17) is 4.74 Å². The van der Waals surface area contributed by atoms with Gasteiger partial charge in [-0.2, -0.15) is 0 Å². The molecule has 11 rings (SSSR count). The SMILES string of the molecule is c1ccc2c(c1)Oc1cccc3c1N2c1ccccc1C31c2ccccc2-c2ccc(-c3c4ccccc4cc4ccccc34)cc21. The highest BCUT2D eigenvalue weighted by Crippen LogP contribution is 2.67. The third kappa shape index (κ3) is 3.10. The summed E-state index contributed by atoms with van der Waals surface area (Å²) in [5.41, 5.74) is 13.1. The topological polar surface area (TPSA) is 12.5 Å². The van der Waals surface area contributed by atoms with Gasteiger partial charge in [0.05, 0.1) is 22.5 Å². The standard InChI is InChI=1S/C45H27NO/c1-3-14-31-28(12-1)26-29-13-2-4-15-32(29)43(31)30-24-25-34-33-16-5-6-17-35(33)45(38(34)27-30)36-18-7-8-20-39(36)46-40-21-9-10-22-41(40)47-42-23-11-19-37(45)44(42)46/h1-27H. The third-order valence-corrected chi connectivity index (χ3v) is 10.6. The van der Waals surface area contributed by atoms with Crippen molar-refractivity contribution in [3.63, 3.8) is 0 Å². The van der Waals surface area contributed by atoms with Crippen LogP contribution in [0.25, 0.3) is 43.8 Å². The molecule has 1 spiro atoms. The Balaban J connectivity index is 1.29. The molecule has 3 aliphatic rings. The lowest BCUT2D eigenvalue weighted by molar-refractivity contribution is 0.473. The van der Waals surface area contributed by atoms with Crippen LogP contribution in [0.2, 0.25) is 0 Å². The Morgan fingerprint density at radius 3 is 1.87 bits per heavy atom. The van der Waals surface area contributed by atoms with E-state index in [1.807, 2.05) is 6.07 Å². The van der Waals surface area contributed by atoms with Crippen molar-refractivity contribution in [2.24, 2.45) is 0 Å². The van der Waals surface area contributed by atoms with E-state index < -0.39 is 5.41 Å². The van der Waals surface area contributed by atoms with Crippen molar-refractivity contribution in [1.29, 1.82) is 0 Å². The van der Waals surface area contributed by atoms with Crippen LogP contribution < -0.4 is 9.64 Å². The first kappa shape index (κ1) is 25.1. The molecule has 0 bridgehead atoms. The minimum Gasteiger partial charge on any atom is -0.453 e. The van der Waals surface area contributed by atoms with Gasteiger partial charge in [-0.15, -0.1) is 0 Å². The van der Waals surface area contributed by atoms with Crippen LogP contribution >= 0.6 is 0 Å². The minimum atomic E-state index is -0.531. The monoisotopic (exact) mass is 597 g/mol. The number of ether oxygens (including phenoxy) is 1. The first-order valence-electron chi connectivity index (χ1n) is 16.3. The molecule has 0 amide bonds. The number of benzene rings is 8. The van der Waals surface area contributed by atoms with Crippen LogP contribution in [0.15, 0.2) is 164 Å². The molecule has 1 unspecified atom stereocenters. The molecule has 2 heteroatoms. The van der Waals surface area contributed by atoms with Crippen LogP contribution in [0.3, 0.4) is 0 Å². The fraction of sp³-hybridized carbons (Fsp3) is 0.0222. The molecule has 0 N–H and O–H groups in total. The predicted octanol–water partition coefficient (Wildman–Crippen LogP) is 11.9. The second-order valence-corrected chi connectivity index (χ2v) is 12.8. The first-order valence-corrected chi connectivity index (χ1v) is 16.3. The number of fused-ring (bicyclic) bond motifs is 13. The first-order chi connectivity index (χ1) is 23.3.